The molecule has 0 aliphatic rings. The van der Waals surface area contributed by atoms with E-state index < -0.39 is 0 Å². The molecule has 1 aromatic heterocycles. The number of carbonyl (C=O) groups excluding carboxylic acids is 2. The number of nitrogens with zero attached hydrogens (tertiary/aromatic N) is 3. The molecule has 0 spiro atoms. The van der Waals surface area contributed by atoms with E-state index in [-0.39, 0.29) is 30.7 Å². The smallest absolute Gasteiger partial charge is 0.258 e. The van der Waals surface area contributed by atoms with Gasteiger partial charge in [0.25, 0.3) is 5.91 Å². The van der Waals surface area contributed by atoms with Crippen molar-refractivity contribution in [2.75, 3.05) is 17.7 Å². The number of rotatable bonds is 10. The van der Waals surface area contributed by atoms with Gasteiger partial charge in [0.2, 0.25) is 5.91 Å². The van der Waals surface area contributed by atoms with Crippen molar-refractivity contribution in [1.82, 2.24) is 20.1 Å². The van der Waals surface area contributed by atoms with Crippen LogP contribution in [0.25, 0.3) is 0 Å². The minimum absolute atomic E-state index is 0.0919. The molecule has 0 radical (unpaired) electrons. The SMILES string of the molecule is CC(C)c1ccc(OCC(=O)NCc2nnc(SCC(=O)Nc3ccc(Cl)cc3)n2C)cc1. The van der Waals surface area contributed by atoms with Crippen LogP contribution in [0.5, 0.6) is 5.75 Å². The molecule has 3 aromatic rings. The van der Waals surface area contributed by atoms with Gasteiger partial charge in [-0.25, -0.2) is 0 Å². The quantitative estimate of drug-likeness (QED) is 0.419. The number of halogens is 1. The number of benzene rings is 2. The Bertz CT molecular complexity index is 1080. The van der Waals surface area contributed by atoms with Gasteiger partial charge in [-0.3, -0.25) is 9.59 Å². The van der Waals surface area contributed by atoms with Crippen LogP contribution in [0.2, 0.25) is 5.02 Å². The largest absolute Gasteiger partial charge is 0.484 e. The van der Waals surface area contributed by atoms with Crippen molar-refractivity contribution in [3.63, 3.8) is 0 Å². The zero-order chi connectivity index (χ0) is 23.8. The van der Waals surface area contributed by atoms with Gasteiger partial charge in [0.1, 0.15) is 5.75 Å². The van der Waals surface area contributed by atoms with E-state index in [1.54, 1.807) is 35.9 Å². The Labute approximate surface area is 202 Å². The van der Waals surface area contributed by atoms with Gasteiger partial charge in [-0.05, 0) is 47.9 Å². The summed E-state index contributed by atoms with van der Waals surface area (Å²) < 4.78 is 7.28. The van der Waals surface area contributed by atoms with E-state index >= 15 is 0 Å². The van der Waals surface area contributed by atoms with Gasteiger partial charge in [-0.15, -0.1) is 10.2 Å². The number of thioether (sulfide) groups is 1. The molecule has 174 valence electrons. The fraction of sp³-hybridized carbons (Fsp3) is 0.304. The summed E-state index contributed by atoms with van der Waals surface area (Å²) >= 11 is 7.10. The monoisotopic (exact) mass is 487 g/mol. The molecule has 0 fully saturated rings. The maximum atomic E-state index is 12.2. The first-order chi connectivity index (χ1) is 15.8. The third-order valence-electron chi connectivity index (χ3n) is 4.75. The Morgan fingerprint density at radius 3 is 2.42 bits per heavy atom. The lowest BCUT2D eigenvalue weighted by atomic mass is 10.0. The Kier molecular flexibility index (Phi) is 8.73. The van der Waals surface area contributed by atoms with Gasteiger partial charge in [-0.1, -0.05) is 49.3 Å². The van der Waals surface area contributed by atoms with Crippen molar-refractivity contribution >= 4 is 40.9 Å². The topological polar surface area (TPSA) is 98.1 Å². The molecule has 2 amide bonds. The van der Waals surface area contributed by atoms with Gasteiger partial charge in [0.15, 0.2) is 17.6 Å². The van der Waals surface area contributed by atoms with Crippen LogP contribution < -0.4 is 15.4 Å². The second-order valence-corrected chi connectivity index (χ2v) is 8.97. The van der Waals surface area contributed by atoms with Crippen molar-refractivity contribution in [2.45, 2.75) is 31.5 Å². The lowest BCUT2D eigenvalue weighted by molar-refractivity contribution is -0.123. The van der Waals surface area contributed by atoms with E-state index in [1.807, 2.05) is 24.3 Å². The highest BCUT2D eigenvalue weighted by Crippen LogP contribution is 2.19. The first-order valence-corrected chi connectivity index (χ1v) is 11.7. The van der Waals surface area contributed by atoms with Crippen LogP contribution in [-0.4, -0.2) is 38.9 Å². The minimum atomic E-state index is -0.262. The van der Waals surface area contributed by atoms with Crippen molar-refractivity contribution in [3.8, 4) is 5.75 Å². The Balaban J connectivity index is 1.42. The van der Waals surface area contributed by atoms with Crippen molar-refractivity contribution < 1.29 is 14.3 Å². The first kappa shape index (κ1) is 24.6. The third-order valence-corrected chi connectivity index (χ3v) is 6.02. The molecule has 0 saturated heterocycles. The van der Waals surface area contributed by atoms with Gasteiger partial charge in [-0.2, -0.15) is 0 Å². The zero-order valence-corrected chi connectivity index (χ0v) is 20.2. The molecule has 1 heterocycles. The molecule has 8 nitrogen and oxygen atoms in total. The summed E-state index contributed by atoms with van der Waals surface area (Å²) in [4.78, 5) is 24.3. The van der Waals surface area contributed by atoms with Crippen molar-refractivity contribution in [3.05, 3.63) is 64.9 Å². The highest BCUT2D eigenvalue weighted by molar-refractivity contribution is 7.99. The van der Waals surface area contributed by atoms with Gasteiger partial charge >= 0.3 is 0 Å². The number of amides is 2. The number of anilines is 1. The Morgan fingerprint density at radius 2 is 1.76 bits per heavy atom. The van der Waals surface area contributed by atoms with Crippen LogP contribution in [0.3, 0.4) is 0 Å². The highest BCUT2D eigenvalue weighted by Gasteiger charge is 2.13. The van der Waals surface area contributed by atoms with Crippen LogP contribution >= 0.6 is 23.4 Å². The van der Waals surface area contributed by atoms with Crippen LogP contribution in [0.1, 0.15) is 31.2 Å². The number of aromatic nitrogens is 3. The van der Waals surface area contributed by atoms with E-state index in [0.717, 1.165) is 0 Å². The summed E-state index contributed by atoms with van der Waals surface area (Å²) in [6.45, 7) is 4.35. The Morgan fingerprint density at radius 1 is 1.06 bits per heavy atom. The lowest BCUT2D eigenvalue weighted by Gasteiger charge is -2.09. The maximum Gasteiger partial charge on any atom is 0.258 e. The minimum Gasteiger partial charge on any atom is -0.484 e. The van der Waals surface area contributed by atoms with Crippen LogP contribution in [-0.2, 0) is 23.2 Å². The number of hydrogen-bond donors (Lipinski definition) is 2. The summed E-state index contributed by atoms with van der Waals surface area (Å²) in [5.74, 6) is 1.40. The van der Waals surface area contributed by atoms with E-state index in [4.69, 9.17) is 16.3 Å². The molecular formula is C23H26ClN5O3S. The third kappa shape index (κ3) is 7.50. The fourth-order valence-corrected chi connectivity index (χ4v) is 3.67. The molecule has 0 atom stereocenters. The number of ether oxygens (including phenoxy) is 1. The first-order valence-electron chi connectivity index (χ1n) is 10.4. The van der Waals surface area contributed by atoms with E-state index in [2.05, 4.69) is 34.7 Å². The molecule has 2 aromatic carbocycles. The molecule has 3 rings (SSSR count). The molecule has 0 bridgehead atoms. The molecule has 10 heteroatoms. The lowest BCUT2D eigenvalue weighted by Crippen LogP contribution is -2.29. The molecule has 0 aliphatic carbocycles. The van der Waals surface area contributed by atoms with Gasteiger partial charge in [0.05, 0.1) is 12.3 Å². The molecule has 0 aliphatic heterocycles. The Hall–Kier alpha value is -3.04. The van der Waals surface area contributed by atoms with E-state index in [9.17, 15) is 9.59 Å². The molecule has 2 N–H and O–H groups in total. The average Bonchev–Trinajstić information content (AvgIpc) is 3.16. The summed E-state index contributed by atoms with van der Waals surface area (Å²) in [5.41, 5.74) is 1.88. The summed E-state index contributed by atoms with van der Waals surface area (Å²) in [6, 6.07) is 14.6. The fourth-order valence-electron chi connectivity index (χ4n) is 2.81. The second kappa shape index (κ2) is 11.7. The second-order valence-electron chi connectivity index (χ2n) is 7.59. The predicted octanol–water partition coefficient (Wildman–Crippen LogP) is 4.02. The summed E-state index contributed by atoms with van der Waals surface area (Å²) in [7, 11) is 1.79. The molecule has 33 heavy (non-hydrogen) atoms. The number of hydrogen-bond acceptors (Lipinski definition) is 6. The average molecular weight is 488 g/mol. The van der Waals surface area contributed by atoms with Gasteiger partial charge in [0, 0.05) is 17.8 Å². The van der Waals surface area contributed by atoms with Crippen LogP contribution in [0, 0.1) is 0 Å². The highest BCUT2D eigenvalue weighted by atomic mass is 35.5. The van der Waals surface area contributed by atoms with Crippen molar-refractivity contribution in [2.24, 2.45) is 7.05 Å². The zero-order valence-electron chi connectivity index (χ0n) is 18.7. The molecule has 0 unspecified atom stereocenters. The van der Waals surface area contributed by atoms with Crippen molar-refractivity contribution in [1.29, 1.82) is 0 Å². The van der Waals surface area contributed by atoms with E-state index in [1.165, 1.54) is 17.3 Å². The predicted molar refractivity (Wildman–Crippen MR) is 130 cm³/mol. The standard InChI is InChI=1S/C23H26ClN5O3S/c1-15(2)16-4-10-19(11-5-16)32-13-21(30)25-12-20-27-28-23(29(20)3)33-14-22(31)26-18-8-6-17(24)7-9-18/h4-11,15H,12-14H2,1-3H3,(H,25,30)(H,26,31). The number of carbonyl (C=O) groups is 2. The van der Waals surface area contributed by atoms with Crippen LogP contribution in [0.4, 0.5) is 5.69 Å². The van der Waals surface area contributed by atoms with Gasteiger partial charge < -0.3 is 19.9 Å². The normalized spacial score (nSPS) is 10.8. The number of nitrogens with one attached hydrogen (secondary N) is 2. The van der Waals surface area contributed by atoms with E-state index in [0.29, 0.717) is 33.4 Å². The van der Waals surface area contributed by atoms with Crippen LogP contribution in [0.15, 0.2) is 53.7 Å². The molecular weight excluding hydrogens is 462 g/mol. The summed E-state index contributed by atoms with van der Waals surface area (Å²) in [5, 5.41) is 14.9. The molecule has 0 saturated carbocycles. The summed E-state index contributed by atoms with van der Waals surface area (Å²) in [6.07, 6.45) is 0. The maximum absolute atomic E-state index is 12.2.